The van der Waals surface area contributed by atoms with E-state index >= 15 is 0 Å². The Balaban J connectivity index is 0.000000260. The number of fused-ring (bicyclic) bond motifs is 1. The smallest absolute Gasteiger partial charge is 0.316 e. The number of nitrogens with zero attached hydrogens (tertiary/aromatic N) is 2. The summed E-state index contributed by atoms with van der Waals surface area (Å²) >= 11 is 54.9. The third kappa shape index (κ3) is 38.6. The van der Waals surface area contributed by atoms with E-state index in [0.29, 0.717) is 28.0 Å². The molecule has 0 aliphatic carbocycles. The lowest BCUT2D eigenvalue weighted by Crippen LogP contribution is -2.22. The molecule has 2 atom stereocenters. The van der Waals surface area contributed by atoms with Crippen LogP contribution in [0.3, 0.4) is 0 Å². The van der Waals surface area contributed by atoms with Gasteiger partial charge in [0.2, 0.25) is 0 Å². The van der Waals surface area contributed by atoms with E-state index < -0.39 is 15.5 Å². The lowest BCUT2D eigenvalue weighted by molar-refractivity contribution is -0.143. The van der Waals surface area contributed by atoms with Gasteiger partial charge in [0.05, 0.1) is 60.5 Å². The molecule has 0 spiro atoms. The molecule has 0 aliphatic heterocycles. The summed E-state index contributed by atoms with van der Waals surface area (Å²) in [6.45, 7) is 16.7. The average Bonchev–Trinajstić information content (AvgIpc) is 0.800. The zero-order valence-electron chi connectivity index (χ0n) is 67.7. The quantitative estimate of drug-likeness (QED) is 0.0386. The Kier molecular flexibility index (Phi) is 47.8. The number of thioether (sulfide) groups is 7. The maximum absolute atomic E-state index is 11.4. The molecule has 0 aromatic heterocycles. The molecule has 0 radical (unpaired) electrons. The lowest BCUT2D eigenvalue weighted by atomic mass is 10.0. The van der Waals surface area contributed by atoms with Gasteiger partial charge in [-0.25, -0.2) is 0 Å². The monoisotopic (exact) mass is 1880 g/mol. The van der Waals surface area contributed by atoms with E-state index in [1.807, 2.05) is 140 Å². The van der Waals surface area contributed by atoms with Gasteiger partial charge in [-0.3, -0.25) is 14.4 Å². The lowest BCUT2D eigenvalue weighted by Gasteiger charge is -2.25. The second-order valence-electron chi connectivity index (χ2n) is 27.4. The molecule has 1 N–H and O–H groups in total. The number of carbonyl (C=O) groups excluding carboxylic acids is 2. The molecule has 11 rings (SSSR count). The van der Waals surface area contributed by atoms with E-state index in [0.717, 1.165) is 76.5 Å². The third-order valence-electron chi connectivity index (χ3n) is 17.2. The molecule has 121 heavy (non-hydrogen) atoms. The highest BCUT2D eigenvalue weighted by Gasteiger charge is 2.30. The van der Waals surface area contributed by atoms with E-state index in [-0.39, 0.29) is 53.9 Å². The minimum absolute atomic E-state index is 0. The molecule has 23 heteroatoms. The molecule has 0 saturated heterocycles. The number of ether oxygens (including phenoxy) is 2. The van der Waals surface area contributed by atoms with Crippen LogP contribution in [0.1, 0.15) is 150 Å². The predicted molar refractivity (Wildman–Crippen MR) is 554 cm³/mol. The van der Waals surface area contributed by atoms with Crippen molar-refractivity contribution in [3.05, 3.63) is 370 Å². The Bertz CT molecular complexity index is 5140. The number of nitriles is 2. The summed E-state index contributed by atoms with van der Waals surface area (Å²) in [5.41, 5.74) is 12.3. The number of aliphatic carboxylic acids is 1. The second kappa shape index (κ2) is 55.6. The van der Waals surface area contributed by atoms with Gasteiger partial charge in [0.1, 0.15) is 9.49 Å². The summed E-state index contributed by atoms with van der Waals surface area (Å²) < 4.78 is 13.8. The van der Waals surface area contributed by atoms with Crippen molar-refractivity contribution < 1.29 is 29.0 Å². The molecule has 11 aromatic carbocycles. The van der Waals surface area contributed by atoms with Gasteiger partial charge in [-0.1, -0.05) is 419 Å². The fraction of sp³-hybridized carbons (Fsp3) is 0.224. The van der Waals surface area contributed by atoms with Crippen LogP contribution in [0.25, 0.3) is 10.8 Å². The van der Waals surface area contributed by atoms with Gasteiger partial charge in [0, 0.05) is 44.4 Å². The van der Waals surface area contributed by atoms with Gasteiger partial charge >= 0.3 is 17.9 Å². The third-order valence-corrected chi connectivity index (χ3v) is 28.6. The number of hydrogen-bond acceptors (Lipinski definition) is 21. The van der Waals surface area contributed by atoms with Gasteiger partial charge in [-0.15, -0.1) is 58.8 Å². The average molecular weight is 1880 g/mol. The molecule has 11 aromatic rings. The summed E-state index contributed by atoms with van der Waals surface area (Å²) in [6, 6.07) is 106. The van der Waals surface area contributed by atoms with Crippen LogP contribution >= 0.6 is 179 Å². The van der Waals surface area contributed by atoms with Crippen LogP contribution in [0, 0.1) is 22.7 Å². The maximum atomic E-state index is 11.4. The molecular formula is C98H97ClN2O6S14. The number of benzene rings is 11. The number of halogens is 1. The van der Waals surface area contributed by atoms with Crippen molar-refractivity contribution >= 4 is 238 Å². The standard InChI is InChI=1S/C22H18S4.C20H18S2.C16H15ClS2.C15H17NO2S2.C13H13NO2S2.C11H12O2S2.CH4/c23-21(25-15-17-7-3-1-4-8-17)19-11-13-20(14-12-19)22(24)26-16-18-9-5-2-6-10-18;1-20(2,16-11-4-3-5-12-16)22-19(21)18-14-8-10-15-9-6-7-13-17(15)18;1-16(2,13-6-4-3-5-7-13)19-15(18)12-8-10-14(17)11-9-12;1-3-18-13(17)9-10-15(2,11-16)20-14(19)12-7-5-4-6-8-12;1-13(9-14,8-7-11(15)16)18-12(17)10-5-3-2-4-6-10;1-2-13-10(12)8-15-11(14)9-6-4-3-5-7-9;/h1-14H,15-16H2;3-14H,1-2H3;3-11H,1-2H3;4-8H,3,9-10H2,1-2H3;2-6H,7-8H2,1H3,(H,15,16);3-7H,2,8H2,1H3;1H4. The molecule has 0 heterocycles. The Morgan fingerprint density at radius 2 is 0.686 bits per heavy atom. The Labute approximate surface area is 788 Å². The fourth-order valence-electron chi connectivity index (χ4n) is 10.6. The van der Waals surface area contributed by atoms with Crippen molar-refractivity contribution in [1.29, 1.82) is 10.5 Å². The number of carboxylic acid groups (broad SMARTS) is 1. The highest BCUT2D eigenvalue weighted by molar-refractivity contribution is 8.26. The molecule has 0 amide bonds. The van der Waals surface area contributed by atoms with Crippen molar-refractivity contribution in [1.82, 2.24) is 0 Å². The summed E-state index contributed by atoms with van der Waals surface area (Å²) in [7, 11) is 0. The van der Waals surface area contributed by atoms with Crippen LogP contribution in [-0.4, -0.2) is 80.9 Å². The van der Waals surface area contributed by atoms with Crippen molar-refractivity contribution in [2.45, 2.75) is 119 Å². The molecule has 626 valence electrons. The van der Waals surface area contributed by atoms with Crippen molar-refractivity contribution in [2.24, 2.45) is 0 Å². The molecule has 8 nitrogen and oxygen atoms in total. The largest absolute Gasteiger partial charge is 0.481 e. The number of rotatable bonds is 27. The normalized spacial score (nSPS) is 11.5. The zero-order valence-corrected chi connectivity index (χ0v) is 79.9. The first-order chi connectivity index (χ1) is 57.5. The molecule has 0 bridgehead atoms. The van der Waals surface area contributed by atoms with Crippen LogP contribution in [0.2, 0.25) is 5.02 Å². The minimum atomic E-state index is -0.900. The van der Waals surface area contributed by atoms with Crippen LogP contribution in [-0.2, 0) is 44.9 Å². The number of thiocarbonyl (C=S) groups is 7. The van der Waals surface area contributed by atoms with E-state index in [1.165, 1.54) is 68.3 Å². The highest BCUT2D eigenvalue weighted by Crippen LogP contribution is 2.41. The van der Waals surface area contributed by atoms with Crippen LogP contribution < -0.4 is 0 Å². The van der Waals surface area contributed by atoms with Gasteiger partial charge in [-0.2, -0.15) is 10.5 Å². The molecule has 0 fully saturated rings. The number of hydrogen-bond donors (Lipinski definition) is 1. The number of carbonyl (C=O) groups is 3. The SMILES string of the molecule is C.CC(C#N)(CCC(=O)O)SC(=S)c1ccccc1.CC(C)(SC(=S)c1ccc(Cl)cc1)c1ccccc1.CC(C)(SC(=S)c1cccc2ccccc12)c1ccccc1.CCOC(=O)CCC(C)(C#N)SC(=S)c1ccccc1.CCOC(=O)CSC(=S)c1ccccc1.S=C(SCc1ccccc1)c1ccc(C(=S)SCc2ccccc2)cc1. The molecule has 0 aliphatic rings. The second-order valence-corrected chi connectivity index (χ2v) is 41.8. The van der Waals surface area contributed by atoms with Crippen LogP contribution in [0.5, 0.6) is 0 Å². The van der Waals surface area contributed by atoms with Crippen molar-refractivity contribution in [2.75, 3.05) is 19.0 Å². The Hall–Kier alpha value is -7.56. The molecule has 2 unspecified atom stereocenters. The van der Waals surface area contributed by atoms with Crippen LogP contribution in [0.4, 0.5) is 0 Å². The summed E-state index contributed by atoms with van der Waals surface area (Å²) in [4.78, 5) is 33.0. The summed E-state index contributed by atoms with van der Waals surface area (Å²) in [5, 5.41) is 30.4. The minimum Gasteiger partial charge on any atom is -0.481 e. The summed E-state index contributed by atoms with van der Waals surface area (Å²) in [6.07, 6.45) is 0.882. The van der Waals surface area contributed by atoms with E-state index in [1.54, 1.807) is 74.7 Å². The first-order valence-electron chi connectivity index (χ1n) is 38.0. The first-order valence-corrected chi connectivity index (χ1v) is 47.4. The van der Waals surface area contributed by atoms with Gasteiger partial charge < -0.3 is 14.6 Å². The summed E-state index contributed by atoms with van der Waals surface area (Å²) in [5.74, 6) is 0.671. The fourth-order valence-corrected chi connectivity index (χ4v) is 20.6. The van der Waals surface area contributed by atoms with E-state index in [9.17, 15) is 24.9 Å². The molecular weight excluding hydrogens is 1790 g/mol. The Morgan fingerprint density at radius 1 is 0.372 bits per heavy atom. The predicted octanol–water partition coefficient (Wildman–Crippen LogP) is 29.0. The van der Waals surface area contributed by atoms with Gasteiger partial charge in [0.15, 0.2) is 0 Å². The number of esters is 2. The van der Waals surface area contributed by atoms with Crippen LogP contribution in [0.15, 0.2) is 303 Å². The maximum Gasteiger partial charge on any atom is 0.316 e. The van der Waals surface area contributed by atoms with Gasteiger partial charge in [-0.05, 0) is 147 Å². The topological polar surface area (TPSA) is 137 Å². The van der Waals surface area contributed by atoms with E-state index in [4.69, 9.17) is 112 Å². The highest BCUT2D eigenvalue weighted by atomic mass is 35.5. The van der Waals surface area contributed by atoms with E-state index in [2.05, 4.69) is 204 Å². The Morgan fingerprint density at radius 3 is 1.09 bits per heavy atom. The molecule has 0 saturated carbocycles. The van der Waals surface area contributed by atoms with Gasteiger partial charge in [0.25, 0.3) is 0 Å². The zero-order chi connectivity index (χ0) is 87.4. The first kappa shape index (κ1) is 104. The number of carboxylic acids is 1. The van der Waals surface area contributed by atoms with Crippen molar-refractivity contribution in [3.63, 3.8) is 0 Å². The van der Waals surface area contributed by atoms with Crippen molar-refractivity contribution in [3.8, 4) is 12.1 Å².